The number of nitrogens with two attached hydrogens (primary N) is 2. The van der Waals surface area contributed by atoms with E-state index in [9.17, 15) is 9.59 Å². The summed E-state index contributed by atoms with van der Waals surface area (Å²) < 4.78 is 10.3. The van der Waals surface area contributed by atoms with E-state index in [0.717, 1.165) is 62.9 Å². The zero-order valence-electron chi connectivity index (χ0n) is 29.2. The third kappa shape index (κ3) is 11.1. The van der Waals surface area contributed by atoms with Crippen LogP contribution in [0, 0.1) is 0 Å². The summed E-state index contributed by atoms with van der Waals surface area (Å²) in [5.41, 5.74) is 15.4. The van der Waals surface area contributed by atoms with Crippen molar-refractivity contribution in [2.45, 2.75) is 57.0 Å². The van der Waals surface area contributed by atoms with E-state index in [2.05, 4.69) is 45.7 Å². The number of nitrogens with one attached hydrogen (secondary N) is 2. The van der Waals surface area contributed by atoms with E-state index in [1.54, 1.807) is 12.4 Å². The molecule has 3 aliphatic rings. The van der Waals surface area contributed by atoms with Crippen molar-refractivity contribution in [3.05, 3.63) is 101 Å². The maximum Gasteiger partial charge on any atom is 0.282 e. The zero-order chi connectivity index (χ0) is 37.0. The number of amides is 2. The molecule has 6 N–H and O–H groups in total. The number of carbonyl (C=O) groups excluding carboxylic acids is 2. The molecule has 53 heavy (non-hydrogen) atoms. The van der Waals surface area contributed by atoms with Crippen LogP contribution < -0.4 is 27.0 Å². The average molecular weight is 740 g/mol. The summed E-state index contributed by atoms with van der Waals surface area (Å²) in [6, 6.07) is 19.3. The van der Waals surface area contributed by atoms with Crippen molar-refractivity contribution in [3.63, 3.8) is 0 Å². The Kier molecular flexibility index (Phi) is 12.6. The third-order valence-electron chi connectivity index (χ3n) is 8.83. The Morgan fingerprint density at radius 1 is 0.717 bits per heavy atom. The average Bonchev–Trinajstić information content (AvgIpc) is 3.82. The first-order chi connectivity index (χ1) is 25.8. The Labute approximate surface area is 312 Å². The minimum atomic E-state index is -0.333. The standard InChI is InChI=1S/C21H26N6O2.C16H16ClN5O2/c22-20-26-18(14-29-20)9-6-15-4-7-17(8-5-15)25-19(28)16-12-23-21(24-13-16)27-10-2-1-3-11-27;17-14-8-7-13(21-22-14)15(23)19-11-4-1-10(2-5-11)3-6-12-9-24-16(18)20-12/h4-5,7-8,12-13,18H,1-3,6,9-11,14H2,(H2,22,26)(H,25,28);1-2,4-5,7-8,12H,3,6,9H2,(H2,18,20)(H,19,23)/t18-;12-/m00/s1. The summed E-state index contributed by atoms with van der Waals surface area (Å²) in [6.45, 7) is 3.05. The second-order valence-electron chi connectivity index (χ2n) is 12.8. The molecule has 4 aromatic rings. The van der Waals surface area contributed by atoms with E-state index in [1.807, 2.05) is 48.5 Å². The molecule has 276 valence electrons. The molecule has 0 saturated carbocycles. The molecule has 7 rings (SSSR count). The molecular formula is C37H42ClN11O4. The van der Waals surface area contributed by atoms with Gasteiger partial charge in [0.05, 0.1) is 17.6 Å². The number of rotatable bonds is 11. The van der Waals surface area contributed by atoms with Crippen LogP contribution >= 0.6 is 11.6 Å². The number of aromatic nitrogens is 4. The number of carbonyl (C=O) groups is 2. The molecule has 2 aromatic carbocycles. The van der Waals surface area contributed by atoms with Crippen LogP contribution in [-0.2, 0) is 22.3 Å². The Morgan fingerprint density at radius 3 is 1.72 bits per heavy atom. The van der Waals surface area contributed by atoms with E-state index in [4.69, 9.17) is 32.5 Å². The molecule has 0 radical (unpaired) electrons. The number of nitrogens with zero attached hydrogens (tertiary/aromatic N) is 7. The normalized spacial score (nSPS) is 17.7. The highest BCUT2D eigenvalue weighted by atomic mass is 35.5. The molecular weight excluding hydrogens is 698 g/mol. The number of amidine groups is 2. The molecule has 0 spiro atoms. The van der Waals surface area contributed by atoms with Crippen LogP contribution in [0.25, 0.3) is 0 Å². The fourth-order valence-electron chi connectivity index (χ4n) is 5.88. The number of benzene rings is 2. The number of aliphatic imine (C=N–C) groups is 2. The minimum Gasteiger partial charge on any atom is -0.463 e. The van der Waals surface area contributed by atoms with Gasteiger partial charge in [-0.05, 0) is 92.5 Å². The zero-order valence-corrected chi connectivity index (χ0v) is 29.9. The van der Waals surface area contributed by atoms with Crippen LogP contribution in [0.3, 0.4) is 0 Å². The van der Waals surface area contributed by atoms with E-state index in [0.29, 0.717) is 30.4 Å². The van der Waals surface area contributed by atoms with Crippen molar-refractivity contribution in [3.8, 4) is 0 Å². The molecule has 0 unspecified atom stereocenters. The first-order valence-corrected chi connectivity index (χ1v) is 17.9. The molecule has 2 amide bonds. The van der Waals surface area contributed by atoms with E-state index in [-0.39, 0.29) is 46.8 Å². The number of aryl methyl sites for hydroxylation is 2. The van der Waals surface area contributed by atoms with Gasteiger partial charge in [-0.1, -0.05) is 35.9 Å². The predicted octanol–water partition coefficient (Wildman–Crippen LogP) is 4.39. The summed E-state index contributed by atoms with van der Waals surface area (Å²) in [5, 5.41) is 13.3. The van der Waals surface area contributed by atoms with Crippen molar-refractivity contribution in [1.29, 1.82) is 0 Å². The quantitative estimate of drug-likeness (QED) is 0.170. The Balaban J connectivity index is 0.000000185. The van der Waals surface area contributed by atoms with Crippen LogP contribution in [-0.4, -0.2) is 82.4 Å². The fourth-order valence-corrected chi connectivity index (χ4v) is 5.98. The molecule has 15 nitrogen and oxygen atoms in total. The van der Waals surface area contributed by atoms with Gasteiger partial charge in [0.25, 0.3) is 23.9 Å². The highest BCUT2D eigenvalue weighted by molar-refractivity contribution is 6.29. The second-order valence-corrected chi connectivity index (χ2v) is 13.2. The summed E-state index contributed by atoms with van der Waals surface area (Å²) in [4.78, 5) is 43.8. The van der Waals surface area contributed by atoms with Gasteiger partial charge in [0, 0.05) is 36.9 Å². The van der Waals surface area contributed by atoms with Crippen LogP contribution in [0.2, 0.25) is 5.15 Å². The molecule has 16 heteroatoms. The molecule has 1 saturated heterocycles. The van der Waals surface area contributed by atoms with Gasteiger partial charge in [0.2, 0.25) is 5.95 Å². The lowest BCUT2D eigenvalue weighted by atomic mass is 10.1. The SMILES string of the molecule is NC1=N[C@@H](CCc2ccc(NC(=O)c3ccc(Cl)nn3)cc2)CO1.NC1=N[C@@H](CCc2ccc(NC(=O)c3cnc(N4CCCCC4)nc3)cc2)CO1. The number of anilines is 3. The molecule has 0 bridgehead atoms. The van der Waals surface area contributed by atoms with Gasteiger partial charge in [-0.2, -0.15) is 0 Å². The highest BCUT2D eigenvalue weighted by Gasteiger charge is 2.18. The molecule has 2 aromatic heterocycles. The van der Waals surface area contributed by atoms with Gasteiger partial charge in [0.1, 0.15) is 13.2 Å². The smallest absolute Gasteiger partial charge is 0.282 e. The number of halogens is 1. The van der Waals surface area contributed by atoms with E-state index < -0.39 is 0 Å². The van der Waals surface area contributed by atoms with Gasteiger partial charge in [0.15, 0.2) is 10.8 Å². The maximum atomic E-state index is 12.5. The van der Waals surface area contributed by atoms with Crippen molar-refractivity contribution >= 4 is 52.8 Å². The lowest BCUT2D eigenvalue weighted by molar-refractivity contribution is 0.101. The molecule has 1 fully saturated rings. The first-order valence-electron chi connectivity index (χ1n) is 17.6. The largest absolute Gasteiger partial charge is 0.463 e. The van der Waals surface area contributed by atoms with Crippen LogP contribution in [0.15, 0.2) is 83.0 Å². The number of hydrogen-bond acceptors (Lipinski definition) is 13. The van der Waals surface area contributed by atoms with E-state index >= 15 is 0 Å². The lowest BCUT2D eigenvalue weighted by Crippen LogP contribution is -2.31. The third-order valence-corrected chi connectivity index (χ3v) is 9.03. The molecule has 2 atom stereocenters. The minimum absolute atomic E-state index is 0.118. The number of ether oxygens (including phenoxy) is 2. The van der Waals surface area contributed by atoms with E-state index in [1.165, 1.54) is 24.1 Å². The summed E-state index contributed by atoms with van der Waals surface area (Å²) >= 11 is 5.65. The first kappa shape index (κ1) is 36.9. The van der Waals surface area contributed by atoms with Crippen molar-refractivity contribution in [2.24, 2.45) is 21.5 Å². The van der Waals surface area contributed by atoms with Gasteiger partial charge in [-0.3, -0.25) is 9.59 Å². The molecule has 3 aliphatic heterocycles. The highest BCUT2D eigenvalue weighted by Crippen LogP contribution is 2.18. The van der Waals surface area contributed by atoms with Crippen molar-refractivity contribution in [2.75, 3.05) is 41.8 Å². The van der Waals surface area contributed by atoms with Gasteiger partial charge in [-0.15, -0.1) is 10.2 Å². The van der Waals surface area contributed by atoms with Crippen molar-refractivity contribution < 1.29 is 19.1 Å². The van der Waals surface area contributed by atoms with Gasteiger partial charge < -0.3 is 36.5 Å². The monoisotopic (exact) mass is 739 g/mol. The second kappa shape index (κ2) is 18.1. The summed E-state index contributed by atoms with van der Waals surface area (Å²) in [5.74, 6) is 0.153. The summed E-state index contributed by atoms with van der Waals surface area (Å²) in [6.07, 6.45) is 10.3. The molecule has 5 heterocycles. The Bertz CT molecular complexity index is 1880. The molecule has 0 aliphatic carbocycles. The predicted molar refractivity (Wildman–Crippen MR) is 203 cm³/mol. The summed E-state index contributed by atoms with van der Waals surface area (Å²) in [7, 11) is 0. The van der Waals surface area contributed by atoms with Gasteiger partial charge in [-0.25, -0.2) is 20.0 Å². The topological polar surface area (TPSA) is 208 Å². The van der Waals surface area contributed by atoms with Crippen LogP contribution in [0.5, 0.6) is 0 Å². The Hall–Kier alpha value is -5.83. The van der Waals surface area contributed by atoms with Crippen molar-refractivity contribution in [1.82, 2.24) is 20.2 Å². The fraction of sp³-hybridized carbons (Fsp3) is 0.351. The maximum absolute atomic E-state index is 12.5. The lowest BCUT2D eigenvalue weighted by Gasteiger charge is -2.26. The van der Waals surface area contributed by atoms with Crippen LogP contribution in [0.4, 0.5) is 17.3 Å². The van der Waals surface area contributed by atoms with Crippen LogP contribution in [0.1, 0.15) is 64.1 Å². The Morgan fingerprint density at radius 2 is 1.25 bits per heavy atom. The number of piperidine rings is 1. The number of hydrogen-bond donors (Lipinski definition) is 4. The van der Waals surface area contributed by atoms with Gasteiger partial charge >= 0.3 is 0 Å².